The van der Waals surface area contributed by atoms with Gasteiger partial charge in [0.25, 0.3) is 0 Å². The molecule has 4 aromatic rings. The molecule has 2 aliphatic rings. The number of hydrogen-bond donors (Lipinski definition) is 0. The van der Waals surface area contributed by atoms with Crippen molar-refractivity contribution in [3.05, 3.63) is 95.3 Å². The van der Waals surface area contributed by atoms with E-state index in [4.69, 9.17) is 14.5 Å². The fourth-order valence-corrected chi connectivity index (χ4v) is 4.33. The first-order valence-electron chi connectivity index (χ1n) is 9.33. The van der Waals surface area contributed by atoms with Gasteiger partial charge in [-0.1, -0.05) is 29.8 Å². The van der Waals surface area contributed by atoms with Crippen LogP contribution in [0.3, 0.4) is 0 Å². The standard InChI is InChI=1S/C24H17N2O2.Ir/c1-15-16(2)26-23(25-15)17-9-3-6-12-20(17)28-24(26)18-10-4-7-13-21(18)27-22-14-8-5-11-19(22)24;/h3-8,10-14H,1-2H3;/q-1;. The van der Waals surface area contributed by atoms with Crippen molar-refractivity contribution in [2.24, 2.45) is 0 Å². The normalized spacial score (nSPS) is 14.4. The molecule has 0 amide bonds. The monoisotopic (exact) mass is 558 g/mol. The first-order chi connectivity index (χ1) is 13.7. The average molecular weight is 558 g/mol. The zero-order chi connectivity index (χ0) is 18.9. The Kier molecular flexibility index (Phi) is 3.95. The molecule has 6 rings (SSSR count). The summed E-state index contributed by atoms with van der Waals surface area (Å²) in [6, 6.07) is 25.3. The van der Waals surface area contributed by atoms with Crippen molar-refractivity contribution in [1.29, 1.82) is 0 Å². The van der Waals surface area contributed by atoms with Crippen LogP contribution < -0.4 is 9.47 Å². The molecule has 0 saturated carbocycles. The van der Waals surface area contributed by atoms with Crippen LogP contribution in [0, 0.1) is 19.9 Å². The second-order valence-electron chi connectivity index (χ2n) is 7.19. The Morgan fingerprint density at radius 1 is 0.862 bits per heavy atom. The smallest absolute Gasteiger partial charge is 0.230 e. The Morgan fingerprint density at radius 2 is 1.48 bits per heavy atom. The van der Waals surface area contributed by atoms with Crippen molar-refractivity contribution >= 4 is 0 Å². The number of aryl methyl sites for hydroxylation is 1. The summed E-state index contributed by atoms with van der Waals surface area (Å²) in [5.41, 5.74) is 3.96. The number of aromatic nitrogens is 2. The number of para-hydroxylation sites is 2. The summed E-state index contributed by atoms with van der Waals surface area (Å²) in [5.74, 6) is 3.22. The molecule has 4 nitrogen and oxygen atoms in total. The summed E-state index contributed by atoms with van der Waals surface area (Å²) in [4.78, 5) is 4.90. The molecule has 1 radical (unpaired) electrons. The van der Waals surface area contributed by atoms with Gasteiger partial charge in [-0.2, -0.15) is 0 Å². The van der Waals surface area contributed by atoms with Crippen LogP contribution in [0.4, 0.5) is 0 Å². The maximum absolute atomic E-state index is 6.85. The van der Waals surface area contributed by atoms with Gasteiger partial charge >= 0.3 is 0 Å². The minimum atomic E-state index is -0.881. The maximum atomic E-state index is 6.85. The number of hydrogen-bond acceptors (Lipinski definition) is 3. The van der Waals surface area contributed by atoms with Crippen LogP contribution in [0.5, 0.6) is 17.2 Å². The molecule has 5 heteroatoms. The topological polar surface area (TPSA) is 36.3 Å². The molecule has 145 valence electrons. The molecule has 0 bridgehead atoms. The first kappa shape index (κ1) is 18.2. The minimum Gasteiger partial charge on any atom is -0.506 e. The van der Waals surface area contributed by atoms with Gasteiger partial charge in [-0.05, 0) is 38.1 Å². The summed E-state index contributed by atoms with van der Waals surface area (Å²) >= 11 is 0. The van der Waals surface area contributed by atoms with E-state index in [2.05, 4.69) is 29.7 Å². The number of fused-ring (bicyclic) bond motifs is 8. The Labute approximate surface area is 182 Å². The van der Waals surface area contributed by atoms with E-state index < -0.39 is 5.72 Å². The molecule has 1 spiro atoms. The van der Waals surface area contributed by atoms with Crippen LogP contribution in [-0.2, 0) is 25.8 Å². The van der Waals surface area contributed by atoms with Crippen LogP contribution in [0.15, 0.2) is 66.7 Å². The summed E-state index contributed by atoms with van der Waals surface area (Å²) < 4.78 is 15.3. The zero-order valence-corrected chi connectivity index (χ0v) is 18.3. The third kappa shape index (κ3) is 2.26. The van der Waals surface area contributed by atoms with Crippen molar-refractivity contribution in [2.45, 2.75) is 19.6 Å². The summed E-state index contributed by atoms with van der Waals surface area (Å²) in [6.07, 6.45) is 0. The number of rotatable bonds is 0. The van der Waals surface area contributed by atoms with Gasteiger partial charge in [-0.25, -0.2) is 0 Å². The van der Waals surface area contributed by atoms with E-state index in [0.717, 1.165) is 51.2 Å². The Bertz CT molecular complexity index is 1220. The van der Waals surface area contributed by atoms with Gasteiger partial charge in [0.2, 0.25) is 5.72 Å². The molecule has 0 fully saturated rings. The van der Waals surface area contributed by atoms with E-state index in [9.17, 15) is 0 Å². The van der Waals surface area contributed by atoms with Gasteiger partial charge < -0.3 is 14.0 Å². The van der Waals surface area contributed by atoms with Gasteiger partial charge in [0.05, 0.1) is 17.0 Å². The summed E-state index contributed by atoms with van der Waals surface area (Å²) in [5, 5.41) is 0. The molecular weight excluding hydrogens is 540 g/mol. The van der Waals surface area contributed by atoms with Crippen molar-refractivity contribution in [3.8, 4) is 28.6 Å². The van der Waals surface area contributed by atoms with Crippen molar-refractivity contribution in [3.63, 3.8) is 0 Å². The van der Waals surface area contributed by atoms with E-state index >= 15 is 0 Å². The number of benzene rings is 3. The van der Waals surface area contributed by atoms with Gasteiger partial charge in [0.15, 0.2) is 0 Å². The van der Waals surface area contributed by atoms with E-state index in [0.29, 0.717) is 0 Å². The number of ether oxygens (including phenoxy) is 2. The molecule has 0 saturated heterocycles. The van der Waals surface area contributed by atoms with E-state index in [-0.39, 0.29) is 20.1 Å². The molecule has 0 unspecified atom stereocenters. The third-order valence-corrected chi connectivity index (χ3v) is 5.68. The van der Waals surface area contributed by atoms with Crippen LogP contribution in [0.2, 0.25) is 0 Å². The van der Waals surface area contributed by atoms with Crippen molar-refractivity contribution in [1.82, 2.24) is 9.55 Å². The molecule has 1 aromatic heterocycles. The second-order valence-corrected chi connectivity index (χ2v) is 7.19. The first-order valence-corrected chi connectivity index (χ1v) is 9.33. The van der Waals surface area contributed by atoms with Gasteiger partial charge in [-0.15, -0.1) is 24.3 Å². The number of nitrogens with zero attached hydrogens (tertiary/aromatic N) is 2. The minimum absolute atomic E-state index is 0. The average Bonchev–Trinajstić information content (AvgIpc) is 3.04. The van der Waals surface area contributed by atoms with Crippen LogP contribution in [-0.4, -0.2) is 9.55 Å². The van der Waals surface area contributed by atoms with Gasteiger partial charge in [0.1, 0.15) is 11.5 Å². The molecule has 2 aliphatic heterocycles. The van der Waals surface area contributed by atoms with Crippen LogP contribution in [0.25, 0.3) is 11.4 Å². The van der Waals surface area contributed by atoms with Crippen LogP contribution >= 0.6 is 0 Å². The quantitative estimate of drug-likeness (QED) is 0.279. The van der Waals surface area contributed by atoms with Crippen molar-refractivity contribution in [2.75, 3.05) is 0 Å². The molecule has 0 aliphatic carbocycles. The Balaban J connectivity index is 0.00000181. The Hall–Kier alpha value is -2.88. The molecule has 0 atom stereocenters. The van der Waals surface area contributed by atoms with Gasteiger partial charge in [0, 0.05) is 37.2 Å². The fourth-order valence-electron chi connectivity index (χ4n) is 4.33. The third-order valence-electron chi connectivity index (χ3n) is 5.68. The molecule has 3 aromatic carbocycles. The second kappa shape index (κ2) is 6.31. The molecule has 0 N–H and O–H groups in total. The van der Waals surface area contributed by atoms with Crippen molar-refractivity contribution < 1.29 is 29.6 Å². The summed E-state index contributed by atoms with van der Waals surface area (Å²) in [7, 11) is 0. The predicted molar refractivity (Wildman–Crippen MR) is 106 cm³/mol. The van der Waals surface area contributed by atoms with Crippen LogP contribution in [0.1, 0.15) is 22.5 Å². The zero-order valence-electron chi connectivity index (χ0n) is 15.9. The molecular formula is C24H17IrN2O2-. The largest absolute Gasteiger partial charge is 0.506 e. The van der Waals surface area contributed by atoms with E-state index in [1.54, 1.807) is 0 Å². The molecule has 3 heterocycles. The summed E-state index contributed by atoms with van der Waals surface area (Å²) in [6.45, 7) is 4.12. The maximum Gasteiger partial charge on any atom is 0.230 e. The Morgan fingerprint density at radius 3 is 2.17 bits per heavy atom. The van der Waals surface area contributed by atoms with E-state index in [1.165, 1.54) is 0 Å². The fraction of sp³-hybridized carbons (Fsp3) is 0.125. The van der Waals surface area contributed by atoms with E-state index in [1.807, 2.05) is 61.5 Å². The number of imidazole rings is 1. The molecule has 29 heavy (non-hydrogen) atoms. The predicted octanol–water partition coefficient (Wildman–Crippen LogP) is 5.21. The van der Waals surface area contributed by atoms with Gasteiger partial charge in [-0.3, -0.25) is 4.98 Å². The SMILES string of the molecule is Cc1nc2n(c1C)C1(Oc3ccc[c-]c3-2)c2ccccc2Oc2ccccc21.[Ir].